The van der Waals surface area contributed by atoms with E-state index in [9.17, 15) is 9.18 Å². The zero-order chi connectivity index (χ0) is 14.6. The maximum Gasteiger partial charge on any atom is 0.319 e. The van der Waals surface area contributed by atoms with Crippen LogP contribution in [0.5, 0.6) is 0 Å². The maximum absolute atomic E-state index is 13.7. The Morgan fingerprint density at radius 2 is 2.10 bits per heavy atom. The summed E-state index contributed by atoms with van der Waals surface area (Å²) in [6.07, 6.45) is 0.538. The van der Waals surface area contributed by atoms with Crippen molar-refractivity contribution in [3.05, 3.63) is 29.6 Å². The van der Waals surface area contributed by atoms with E-state index in [1.54, 1.807) is 19.1 Å². The van der Waals surface area contributed by atoms with Gasteiger partial charge in [-0.25, -0.2) is 9.18 Å². The van der Waals surface area contributed by atoms with Crippen molar-refractivity contribution < 1.29 is 18.7 Å². The number of benzene rings is 1. The first kappa shape index (κ1) is 14.7. The number of amides is 2. The van der Waals surface area contributed by atoms with Crippen LogP contribution < -0.4 is 10.6 Å². The molecule has 1 aromatic rings. The van der Waals surface area contributed by atoms with Crippen LogP contribution in [0.1, 0.15) is 18.9 Å². The highest BCUT2D eigenvalue weighted by Gasteiger charge is 2.30. The van der Waals surface area contributed by atoms with Crippen molar-refractivity contribution in [2.75, 3.05) is 25.1 Å². The van der Waals surface area contributed by atoms with Crippen molar-refractivity contribution in [1.29, 1.82) is 0 Å². The second kappa shape index (κ2) is 6.19. The molecule has 0 atom stereocenters. The third kappa shape index (κ3) is 3.68. The highest BCUT2D eigenvalue weighted by Crippen LogP contribution is 2.21. The van der Waals surface area contributed by atoms with Crippen LogP contribution in [0.2, 0.25) is 0 Å². The number of carbonyl (C=O) groups excluding carboxylic acids is 1. The monoisotopic (exact) mass is 282 g/mol. The molecule has 5 nitrogen and oxygen atoms in total. The highest BCUT2D eigenvalue weighted by molar-refractivity contribution is 5.89. The predicted molar refractivity (Wildman–Crippen MR) is 73.1 cm³/mol. The number of urea groups is 1. The Morgan fingerprint density at radius 1 is 1.40 bits per heavy atom. The summed E-state index contributed by atoms with van der Waals surface area (Å²) in [6.45, 7) is 5.00. The molecular weight excluding hydrogens is 263 g/mol. The number of hydrogen-bond acceptors (Lipinski definition) is 3. The number of anilines is 1. The van der Waals surface area contributed by atoms with Gasteiger partial charge in [0.15, 0.2) is 5.79 Å². The molecule has 1 fully saturated rings. The second-order valence-electron chi connectivity index (χ2n) is 4.90. The summed E-state index contributed by atoms with van der Waals surface area (Å²) >= 11 is 0. The van der Waals surface area contributed by atoms with Crippen LogP contribution >= 0.6 is 0 Å². The van der Waals surface area contributed by atoms with Gasteiger partial charge in [0.25, 0.3) is 0 Å². The number of aryl methyl sites for hydroxylation is 1. The SMILES string of the molecule is Cc1cccc(NC(=O)NCCC2(C)OCCO2)c1F. The van der Waals surface area contributed by atoms with E-state index in [0.29, 0.717) is 31.7 Å². The first-order chi connectivity index (χ1) is 9.50. The molecule has 0 aliphatic carbocycles. The minimum Gasteiger partial charge on any atom is -0.348 e. The smallest absolute Gasteiger partial charge is 0.319 e. The van der Waals surface area contributed by atoms with Crippen molar-refractivity contribution in [3.63, 3.8) is 0 Å². The van der Waals surface area contributed by atoms with Crippen LogP contribution in [-0.4, -0.2) is 31.6 Å². The lowest BCUT2D eigenvalue weighted by Gasteiger charge is -2.22. The normalized spacial score (nSPS) is 16.9. The van der Waals surface area contributed by atoms with Crippen LogP contribution in [0.15, 0.2) is 18.2 Å². The number of carbonyl (C=O) groups is 1. The average Bonchev–Trinajstić information content (AvgIpc) is 2.82. The predicted octanol–water partition coefficient (Wildman–Crippen LogP) is 2.41. The van der Waals surface area contributed by atoms with Gasteiger partial charge in [0.05, 0.1) is 18.9 Å². The van der Waals surface area contributed by atoms with Gasteiger partial charge < -0.3 is 20.1 Å². The Kier molecular flexibility index (Phi) is 4.57. The molecule has 1 aliphatic heterocycles. The van der Waals surface area contributed by atoms with E-state index in [-0.39, 0.29) is 5.69 Å². The first-order valence-electron chi connectivity index (χ1n) is 6.58. The molecule has 0 bridgehead atoms. The van der Waals surface area contributed by atoms with Gasteiger partial charge in [-0.15, -0.1) is 0 Å². The molecule has 2 N–H and O–H groups in total. The zero-order valence-corrected chi connectivity index (χ0v) is 11.7. The van der Waals surface area contributed by atoms with Crippen LogP contribution in [0.3, 0.4) is 0 Å². The Hall–Kier alpha value is -1.66. The number of hydrogen-bond donors (Lipinski definition) is 2. The number of nitrogens with one attached hydrogen (secondary N) is 2. The van der Waals surface area contributed by atoms with E-state index in [2.05, 4.69) is 10.6 Å². The molecule has 2 rings (SSSR count). The summed E-state index contributed by atoms with van der Waals surface area (Å²) in [5.41, 5.74) is 0.658. The largest absolute Gasteiger partial charge is 0.348 e. The van der Waals surface area contributed by atoms with Crippen molar-refractivity contribution >= 4 is 11.7 Å². The zero-order valence-electron chi connectivity index (χ0n) is 11.7. The average molecular weight is 282 g/mol. The van der Waals surface area contributed by atoms with Gasteiger partial charge in [-0.1, -0.05) is 12.1 Å². The number of rotatable bonds is 4. The molecule has 6 heteroatoms. The lowest BCUT2D eigenvalue weighted by atomic mass is 10.2. The van der Waals surface area contributed by atoms with Crippen LogP contribution in [-0.2, 0) is 9.47 Å². The summed E-state index contributed by atoms with van der Waals surface area (Å²) < 4.78 is 24.6. The molecular formula is C14H19FN2O3. The van der Waals surface area contributed by atoms with Gasteiger partial charge in [-0.05, 0) is 25.5 Å². The molecule has 0 saturated carbocycles. The molecule has 0 unspecified atom stereocenters. The van der Waals surface area contributed by atoms with Crippen LogP contribution in [0, 0.1) is 12.7 Å². The summed E-state index contributed by atoms with van der Waals surface area (Å²) in [4.78, 5) is 11.7. The molecule has 0 radical (unpaired) electrons. The third-order valence-electron chi connectivity index (χ3n) is 3.20. The summed E-state index contributed by atoms with van der Waals surface area (Å²) in [7, 11) is 0. The highest BCUT2D eigenvalue weighted by atomic mass is 19.1. The Morgan fingerprint density at radius 3 is 2.80 bits per heavy atom. The topological polar surface area (TPSA) is 59.6 Å². The van der Waals surface area contributed by atoms with Gasteiger partial charge in [-0.3, -0.25) is 0 Å². The maximum atomic E-state index is 13.7. The van der Waals surface area contributed by atoms with Gasteiger partial charge in [0, 0.05) is 13.0 Å². The van der Waals surface area contributed by atoms with Crippen molar-refractivity contribution in [2.45, 2.75) is 26.1 Å². The number of halogens is 1. The Balaban J connectivity index is 1.79. The third-order valence-corrected chi connectivity index (χ3v) is 3.20. The van der Waals surface area contributed by atoms with Crippen LogP contribution in [0.4, 0.5) is 14.9 Å². The van der Waals surface area contributed by atoms with Crippen molar-refractivity contribution in [2.24, 2.45) is 0 Å². The minimum absolute atomic E-state index is 0.169. The van der Waals surface area contributed by atoms with Gasteiger partial charge in [0.1, 0.15) is 5.82 Å². The van der Waals surface area contributed by atoms with Gasteiger partial charge >= 0.3 is 6.03 Å². The fourth-order valence-electron chi connectivity index (χ4n) is 2.01. The van der Waals surface area contributed by atoms with Gasteiger partial charge in [0.2, 0.25) is 0 Å². The molecule has 110 valence electrons. The Bertz CT molecular complexity index is 487. The lowest BCUT2D eigenvalue weighted by Crippen LogP contribution is -2.35. The van der Waals surface area contributed by atoms with E-state index >= 15 is 0 Å². The summed E-state index contributed by atoms with van der Waals surface area (Å²) in [5.74, 6) is -1.06. The van der Waals surface area contributed by atoms with E-state index in [1.807, 2.05) is 6.92 Å². The molecule has 1 heterocycles. The molecule has 2 amide bonds. The van der Waals surface area contributed by atoms with E-state index in [4.69, 9.17) is 9.47 Å². The number of ether oxygens (including phenoxy) is 2. The van der Waals surface area contributed by atoms with Crippen molar-refractivity contribution in [3.8, 4) is 0 Å². The molecule has 20 heavy (non-hydrogen) atoms. The summed E-state index contributed by atoms with van der Waals surface area (Å²) in [5, 5.41) is 5.14. The fraction of sp³-hybridized carbons (Fsp3) is 0.500. The molecule has 1 aromatic carbocycles. The summed E-state index contributed by atoms with van der Waals surface area (Å²) in [6, 6.07) is 4.41. The van der Waals surface area contributed by atoms with E-state index in [0.717, 1.165) is 0 Å². The standard InChI is InChI=1S/C14H19FN2O3/c1-10-4-3-5-11(12(10)15)17-13(18)16-7-6-14(2)19-8-9-20-14/h3-5H,6-9H2,1-2H3,(H2,16,17,18). The molecule has 0 spiro atoms. The minimum atomic E-state index is -0.637. The molecule has 0 aromatic heterocycles. The lowest BCUT2D eigenvalue weighted by molar-refractivity contribution is -0.145. The first-order valence-corrected chi connectivity index (χ1v) is 6.58. The van der Waals surface area contributed by atoms with E-state index < -0.39 is 17.6 Å². The fourth-order valence-corrected chi connectivity index (χ4v) is 2.01. The van der Waals surface area contributed by atoms with Crippen molar-refractivity contribution in [1.82, 2.24) is 5.32 Å². The van der Waals surface area contributed by atoms with Gasteiger partial charge in [-0.2, -0.15) is 0 Å². The Labute approximate surface area is 117 Å². The quantitative estimate of drug-likeness (QED) is 0.891. The van der Waals surface area contributed by atoms with Crippen LogP contribution in [0.25, 0.3) is 0 Å². The second-order valence-corrected chi connectivity index (χ2v) is 4.90. The molecule has 1 aliphatic rings. The molecule has 1 saturated heterocycles. The van der Waals surface area contributed by atoms with E-state index in [1.165, 1.54) is 6.07 Å².